The van der Waals surface area contributed by atoms with E-state index in [4.69, 9.17) is 21.1 Å². The fourth-order valence-electron chi connectivity index (χ4n) is 3.20. The van der Waals surface area contributed by atoms with Crippen molar-refractivity contribution in [1.29, 1.82) is 0 Å². The minimum absolute atomic E-state index is 0.280. The van der Waals surface area contributed by atoms with Gasteiger partial charge in [0.2, 0.25) is 6.10 Å². The predicted octanol–water partition coefficient (Wildman–Crippen LogP) is 3.80. The van der Waals surface area contributed by atoms with Crippen LogP contribution >= 0.6 is 11.6 Å². The molecule has 0 radical (unpaired) electrons. The topological polar surface area (TPSA) is 81.8 Å². The van der Waals surface area contributed by atoms with E-state index in [-0.39, 0.29) is 5.56 Å². The van der Waals surface area contributed by atoms with Crippen molar-refractivity contribution in [3.8, 4) is 11.5 Å². The van der Waals surface area contributed by atoms with Gasteiger partial charge in [-0.05, 0) is 29.7 Å². The van der Waals surface area contributed by atoms with E-state index in [0.29, 0.717) is 23.5 Å². The number of aliphatic hydroxyl groups is 1. The highest BCUT2D eigenvalue weighted by Gasteiger charge is 2.62. The molecule has 26 heavy (non-hydrogen) atoms. The van der Waals surface area contributed by atoms with Crippen molar-refractivity contribution < 1.29 is 19.5 Å². The molecule has 3 rings (SSSR count). The molecule has 7 heteroatoms. The van der Waals surface area contributed by atoms with Gasteiger partial charge < -0.3 is 14.6 Å². The summed E-state index contributed by atoms with van der Waals surface area (Å²) < 4.78 is 11.3. The number of methoxy groups -OCH3 is 1. The van der Waals surface area contributed by atoms with Gasteiger partial charge in [0, 0.05) is 11.1 Å². The summed E-state index contributed by atoms with van der Waals surface area (Å²) in [7, 11) is 1.46. The van der Waals surface area contributed by atoms with Crippen LogP contribution in [-0.4, -0.2) is 22.1 Å². The van der Waals surface area contributed by atoms with Gasteiger partial charge in [0.25, 0.3) is 0 Å². The van der Waals surface area contributed by atoms with E-state index in [1.807, 2.05) is 6.07 Å². The quantitative estimate of drug-likeness (QED) is 0.282. The van der Waals surface area contributed by atoms with E-state index in [1.165, 1.54) is 7.11 Å². The first-order valence-electron chi connectivity index (χ1n) is 7.98. The maximum Gasteiger partial charge on any atom is 0.365 e. The Morgan fingerprint density at radius 2 is 2.04 bits per heavy atom. The van der Waals surface area contributed by atoms with Gasteiger partial charge in [-0.3, -0.25) is 10.1 Å². The second kappa shape index (κ2) is 6.97. The number of nitrogens with zero attached hydrogens (tertiary/aromatic N) is 1. The number of fused-ring (bicyclic) bond motifs is 1. The molecule has 0 spiro atoms. The van der Waals surface area contributed by atoms with Gasteiger partial charge in [0.1, 0.15) is 11.5 Å². The lowest BCUT2D eigenvalue weighted by Gasteiger charge is -2.38. The highest BCUT2D eigenvalue weighted by Crippen LogP contribution is 2.53. The standard InChI is InChI=1S/C19H18ClNO5/c1-3-7-12-8-6-10-14-16(12)26-18(19(20,17(14)22)21(23)24)13-9-4-5-11-15(13)25-2/h3-6,8-11,17-18,22H,1,7H2,2H3/t17-,18-,19+/m0/s1. The number of aliphatic hydroxyl groups excluding tert-OH is 1. The highest BCUT2D eigenvalue weighted by atomic mass is 35.5. The minimum atomic E-state index is -2.30. The molecule has 1 heterocycles. The number of allylic oxidation sites excluding steroid dienone is 1. The minimum Gasteiger partial charge on any atom is -0.496 e. The van der Waals surface area contributed by atoms with Crippen LogP contribution in [0.4, 0.5) is 0 Å². The molecule has 1 aliphatic rings. The first kappa shape index (κ1) is 18.2. The van der Waals surface area contributed by atoms with E-state index in [0.717, 1.165) is 5.56 Å². The number of ether oxygens (including phenoxy) is 2. The van der Waals surface area contributed by atoms with Crippen LogP contribution in [0.1, 0.15) is 28.9 Å². The van der Waals surface area contributed by atoms with Crippen LogP contribution in [0, 0.1) is 10.1 Å². The van der Waals surface area contributed by atoms with Gasteiger partial charge in [0.05, 0.1) is 12.0 Å². The van der Waals surface area contributed by atoms with E-state index >= 15 is 0 Å². The van der Waals surface area contributed by atoms with Crippen LogP contribution < -0.4 is 9.47 Å². The molecule has 0 amide bonds. The first-order valence-corrected chi connectivity index (χ1v) is 8.36. The molecule has 3 atom stereocenters. The van der Waals surface area contributed by atoms with Crippen molar-refractivity contribution in [2.45, 2.75) is 23.6 Å². The number of nitro groups is 1. The summed E-state index contributed by atoms with van der Waals surface area (Å²) in [6.07, 6.45) is -0.631. The molecular formula is C19H18ClNO5. The smallest absolute Gasteiger partial charge is 0.365 e. The van der Waals surface area contributed by atoms with Crippen LogP contribution in [0.3, 0.4) is 0 Å². The van der Waals surface area contributed by atoms with Gasteiger partial charge in [0.15, 0.2) is 6.10 Å². The van der Waals surface area contributed by atoms with Crippen molar-refractivity contribution in [2.24, 2.45) is 0 Å². The number of hydrogen-bond donors (Lipinski definition) is 1. The Kier molecular flexibility index (Phi) is 4.89. The molecule has 136 valence electrons. The summed E-state index contributed by atoms with van der Waals surface area (Å²) in [5.41, 5.74) is 1.43. The first-order chi connectivity index (χ1) is 12.4. The van der Waals surface area contributed by atoms with E-state index in [1.54, 1.807) is 42.5 Å². The number of benzene rings is 2. The van der Waals surface area contributed by atoms with E-state index < -0.39 is 22.1 Å². The fourth-order valence-corrected chi connectivity index (χ4v) is 3.48. The van der Waals surface area contributed by atoms with E-state index in [2.05, 4.69) is 6.58 Å². The second-order valence-electron chi connectivity index (χ2n) is 5.96. The zero-order valence-corrected chi connectivity index (χ0v) is 14.8. The Morgan fingerprint density at radius 1 is 1.35 bits per heavy atom. The summed E-state index contributed by atoms with van der Waals surface area (Å²) >= 11 is 6.40. The average Bonchev–Trinajstić information content (AvgIpc) is 2.65. The molecule has 1 aliphatic heterocycles. The van der Waals surface area contributed by atoms with Gasteiger partial charge in [-0.2, -0.15) is 0 Å². The number of hydrogen-bond acceptors (Lipinski definition) is 5. The van der Waals surface area contributed by atoms with E-state index in [9.17, 15) is 15.2 Å². The molecule has 2 aromatic rings. The maximum absolute atomic E-state index is 11.9. The molecule has 0 bridgehead atoms. The lowest BCUT2D eigenvalue weighted by Crippen LogP contribution is -2.49. The van der Waals surface area contributed by atoms with Gasteiger partial charge in [-0.25, -0.2) is 0 Å². The Hall–Kier alpha value is -2.57. The highest BCUT2D eigenvalue weighted by molar-refractivity contribution is 6.23. The summed E-state index contributed by atoms with van der Waals surface area (Å²) in [4.78, 5) is 8.86. The summed E-state index contributed by atoms with van der Waals surface area (Å²) in [6.45, 7) is 3.71. The number of rotatable bonds is 5. The van der Waals surface area contributed by atoms with Gasteiger partial charge >= 0.3 is 5.00 Å². The van der Waals surface area contributed by atoms with Crippen LogP contribution in [-0.2, 0) is 6.42 Å². The Morgan fingerprint density at radius 3 is 2.69 bits per heavy atom. The lowest BCUT2D eigenvalue weighted by molar-refractivity contribution is -0.570. The summed E-state index contributed by atoms with van der Waals surface area (Å²) in [6, 6.07) is 11.8. The number of alkyl halides is 1. The molecule has 0 aliphatic carbocycles. The normalized spacial score (nSPS) is 24.3. The predicted molar refractivity (Wildman–Crippen MR) is 97.2 cm³/mol. The molecule has 0 aromatic heterocycles. The monoisotopic (exact) mass is 375 g/mol. The number of para-hydroxylation sites is 2. The van der Waals surface area contributed by atoms with Crippen molar-refractivity contribution in [3.63, 3.8) is 0 Å². The van der Waals surface area contributed by atoms with Gasteiger partial charge in [-0.15, -0.1) is 6.58 Å². The average molecular weight is 376 g/mol. The lowest BCUT2D eigenvalue weighted by atomic mass is 9.87. The Bertz CT molecular complexity index is 856. The molecular weight excluding hydrogens is 358 g/mol. The van der Waals surface area contributed by atoms with Crippen LogP contribution in [0.2, 0.25) is 0 Å². The molecule has 0 saturated carbocycles. The third-order valence-corrected chi connectivity index (χ3v) is 5.02. The Labute approximate surface area is 155 Å². The largest absolute Gasteiger partial charge is 0.496 e. The van der Waals surface area contributed by atoms with Crippen LogP contribution in [0.25, 0.3) is 0 Å². The van der Waals surface area contributed by atoms with Crippen molar-refractivity contribution in [2.75, 3.05) is 7.11 Å². The SMILES string of the molecule is C=CCc1cccc2c1O[C@@H](c1ccccc1OC)[C@](Cl)([N+](=O)[O-])[C@H]2O. The molecule has 1 N–H and O–H groups in total. The fraction of sp³-hybridized carbons (Fsp3) is 0.263. The second-order valence-corrected chi connectivity index (χ2v) is 6.56. The third kappa shape index (κ3) is 2.71. The summed E-state index contributed by atoms with van der Waals surface area (Å²) in [5.74, 6) is 0.773. The Balaban J connectivity index is 2.23. The molecule has 0 unspecified atom stereocenters. The van der Waals surface area contributed by atoms with Crippen molar-refractivity contribution >= 4 is 11.6 Å². The van der Waals surface area contributed by atoms with Crippen molar-refractivity contribution in [3.05, 3.63) is 81.9 Å². The molecule has 0 fully saturated rings. The van der Waals surface area contributed by atoms with Crippen LogP contribution in [0.15, 0.2) is 55.1 Å². The number of halogens is 1. The molecule has 6 nitrogen and oxygen atoms in total. The van der Waals surface area contributed by atoms with Gasteiger partial charge in [-0.1, -0.05) is 42.5 Å². The molecule has 0 saturated heterocycles. The zero-order valence-electron chi connectivity index (χ0n) is 14.1. The summed E-state index contributed by atoms with van der Waals surface area (Å²) in [5, 5.41) is 22.7. The molecule has 2 aromatic carbocycles. The third-order valence-electron chi connectivity index (χ3n) is 4.47. The maximum atomic E-state index is 11.9. The van der Waals surface area contributed by atoms with Crippen LogP contribution in [0.5, 0.6) is 11.5 Å². The zero-order chi connectivity index (χ0) is 18.9. The van der Waals surface area contributed by atoms with Crippen molar-refractivity contribution in [1.82, 2.24) is 0 Å².